The lowest BCUT2D eigenvalue weighted by atomic mass is 9.72. The second kappa shape index (κ2) is 8.19. The number of hydrogen-bond acceptors (Lipinski definition) is 1. The van der Waals surface area contributed by atoms with Crippen molar-refractivity contribution in [2.24, 2.45) is 11.8 Å². The van der Waals surface area contributed by atoms with Crippen LogP contribution >= 0.6 is 0 Å². The second-order valence-electron chi connectivity index (χ2n) is 6.84. The summed E-state index contributed by atoms with van der Waals surface area (Å²) in [5.41, 5.74) is -0.321. The van der Waals surface area contributed by atoms with Crippen LogP contribution in [0.4, 0.5) is 0 Å². The van der Waals surface area contributed by atoms with Crippen molar-refractivity contribution in [1.29, 1.82) is 0 Å². The lowest BCUT2D eigenvalue weighted by molar-refractivity contribution is -0.0328. The summed E-state index contributed by atoms with van der Waals surface area (Å²) in [6.45, 7) is 6.87. The molecular weight excluding hydrogens is 220 g/mol. The van der Waals surface area contributed by atoms with Crippen LogP contribution in [-0.4, -0.2) is 10.7 Å². The highest BCUT2D eigenvalue weighted by atomic mass is 16.3. The van der Waals surface area contributed by atoms with Crippen molar-refractivity contribution in [3.8, 4) is 0 Å². The first-order chi connectivity index (χ1) is 8.57. The summed E-state index contributed by atoms with van der Waals surface area (Å²) < 4.78 is 0. The summed E-state index contributed by atoms with van der Waals surface area (Å²) in [6.07, 6.45) is 13.7. The van der Waals surface area contributed by atoms with Gasteiger partial charge in [-0.05, 0) is 37.5 Å². The van der Waals surface area contributed by atoms with Gasteiger partial charge in [0, 0.05) is 0 Å². The van der Waals surface area contributed by atoms with Crippen LogP contribution in [0.25, 0.3) is 0 Å². The third-order valence-corrected chi connectivity index (χ3v) is 4.80. The minimum Gasteiger partial charge on any atom is -0.390 e. The van der Waals surface area contributed by atoms with Crippen LogP contribution in [-0.2, 0) is 0 Å². The van der Waals surface area contributed by atoms with Gasteiger partial charge in [0.05, 0.1) is 5.60 Å². The Balaban J connectivity index is 2.18. The number of unbranched alkanes of at least 4 members (excludes halogenated alkanes) is 5. The molecule has 0 aromatic heterocycles. The topological polar surface area (TPSA) is 20.2 Å². The van der Waals surface area contributed by atoms with Gasteiger partial charge in [0.15, 0.2) is 0 Å². The van der Waals surface area contributed by atoms with Crippen LogP contribution in [0.2, 0.25) is 0 Å². The maximum Gasteiger partial charge on any atom is 0.0650 e. The molecule has 1 rings (SSSR count). The molecule has 0 spiro atoms. The highest BCUT2D eigenvalue weighted by Crippen LogP contribution is 2.39. The monoisotopic (exact) mass is 254 g/mol. The van der Waals surface area contributed by atoms with E-state index in [0.717, 1.165) is 31.1 Å². The Morgan fingerprint density at radius 3 is 2.44 bits per heavy atom. The maximum atomic E-state index is 10.7. The third-order valence-electron chi connectivity index (χ3n) is 4.80. The van der Waals surface area contributed by atoms with Crippen LogP contribution in [0.15, 0.2) is 0 Å². The van der Waals surface area contributed by atoms with Crippen molar-refractivity contribution < 1.29 is 5.11 Å². The zero-order valence-corrected chi connectivity index (χ0v) is 12.9. The molecule has 2 atom stereocenters. The lowest BCUT2D eigenvalue weighted by Gasteiger charge is -2.38. The molecular formula is C17H34O. The predicted molar refractivity (Wildman–Crippen MR) is 79.7 cm³/mol. The first-order valence-electron chi connectivity index (χ1n) is 8.30. The van der Waals surface area contributed by atoms with Crippen molar-refractivity contribution in [3.05, 3.63) is 0 Å². The van der Waals surface area contributed by atoms with Crippen LogP contribution < -0.4 is 0 Å². The molecule has 0 saturated heterocycles. The number of hydrogen-bond donors (Lipinski definition) is 1. The Kier molecular flexibility index (Phi) is 7.29. The fourth-order valence-corrected chi connectivity index (χ4v) is 3.42. The summed E-state index contributed by atoms with van der Waals surface area (Å²) in [5, 5.41) is 10.7. The van der Waals surface area contributed by atoms with E-state index in [1.807, 2.05) is 0 Å². The zero-order chi connectivity index (χ0) is 13.4. The van der Waals surface area contributed by atoms with E-state index in [0.29, 0.717) is 0 Å². The first kappa shape index (κ1) is 16.0. The molecule has 1 aliphatic rings. The average molecular weight is 254 g/mol. The Bertz CT molecular complexity index is 212. The molecule has 0 bridgehead atoms. The molecule has 1 fully saturated rings. The summed E-state index contributed by atoms with van der Waals surface area (Å²) in [6, 6.07) is 0. The van der Waals surface area contributed by atoms with E-state index in [9.17, 15) is 5.11 Å². The second-order valence-corrected chi connectivity index (χ2v) is 6.84. The van der Waals surface area contributed by atoms with E-state index >= 15 is 0 Å². The van der Waals surface area contributed by atoms with Gasteiger partial charge in [0.25, 0.3) is 0 Å². The maximum absolute atomic E-state index is 10.7. The third kappa shape index (κ3) is 5.73. The summed E-state index contributed by atoms with van der Waals surface area (Å²) in [5.74, 6) is 1.49. The zero-order valence-electron chi connectivity index (χ0n) is 12.9. The van der Waals surface area contributed by atoms with E-state index < -0.39 is 0 Å². The van der Waals surface area contributed by atoms with Gasteiger partial charge in [0.1, 0.15) is 0 Å². The molecule has 1 aliphatic carbocycles. The number of rotatable bonds is 8. The highest BCUT2D eigenvalue weighted by molar-refractivity contribution is 4.87. The summed E-state index contributed by atoms with van der Waals surface area (Å²) in [4.78, 5) is 0. The Labute approximate surface area is 114 Å². The molecule has 0 aliphatic heterocycles. The SMILES string of the molecule is CCCCCCCCC1(O)CCCC(C(C)C)C1. The van der Waals surface area contributed by atoms with E-state index in [1.54, 1.807) is 0 Å². The van der Waals surface area contributed by atoms with Crippen molar-refractivity contribution in [2.75, 3.05) is 0 Å². The molecule has 1 heteroatoms. The van der Waals surface area contributed by atoms with Crippen LogP contribution in [0.3, 0.4) is 0 Å². The molecule has 0 heterocycles. The minimum absolute atomic E-state index is 0.321. The predicted octanol–water partition coefficient (Wildman–Crippen LogP) is 5.31. The van der Waals surface area contributed by atoms with E-state index in [-0.39, 0.29) is 5.60 Å². The minimum atomic E-state index is -0.321. The van der Waals surface area contributed by atoms with Gasteiger partial charge >= 0.3 is 0 Å². The average Bonchev–Trinajstić information content (AvgIpc) is 2.33. The normalized spacial score (nSPS) is 28.8. The Hall–Kier alpha value is -0.0400. The molecule has 18 heavy (non-hydrogen) atoms. The smallest absolute Gasteiger partial charge is 0.0650 e. The van der Waals surface area contributed by atoms with Crippen molar-refractivity contribution in [1.82, 2.24) is 0 Å². The molecule has 2 unspecified atom stereocenters. The Morgan fingerprint density at radius 2 is 1.78 bits per heavy atom. The highest BCUT2D eigenvalue weighted by Gasteiger charge is 2.34. The van der Waals surface area contributed by atoms with Crippen molar-refractivity contribution in [3.63, 3.8) is 0 Å². The molecule has 0 radical (unpaired) electrons. The van der Waals surface area contributed by atoms with Crippen molar-refractivity contribution in [2.45, 2.75) is 97.0 Å². The van der Waals surface area contributed by atoms with Gasteiger partial charge in [-0.25, -0.2) is 0 Å². The molecule has 108 valence electrons. The molecule has 0 amide bonds. The summed E-state index contributed by atoms with van der Waals surface area (Å²) in [7, 11) is 0. The van der Waals surface area contributed by atoms with Gasteiger partial charge in [-0.2, -0.15) is 0 Å². The van der Waals surface area contributed by atoms with Crippen LogP contribution in [0.1, 0.15) is 91.4 Å². The molecule has 1 N–H and O–H groups in total. The van der Waals surface area contributed by atoms with Crippen LogP contribution in [0, 0.1) is 11.8 Å². The van der Waals surface area contributed by atoms with Crippen molar-refractivity contribution >= 4 is 0 Å². The number of aliphatic hydroxyl groups is 1. The largest absolute Gasteiger partial charge is 0.390 e. The van der Waals surface area contributed by atoms with E-state index in [4.69, 9.17) is 0 Å². The summed E-state index contributed by atoms with van der Waals surface area (Å²) >= 11 is 0. The van der Waals surface area contributed by atoms with Gasteiger partial charge in [0.2, 0.25) is 0 Å². The van der Waals surface area contributed by atoms with E-state index in [1.165, 1.54) is 51.4 Å². The molecule has 1 saturated carbocycles. The van der Waals surface area contributed by atoms with Crippen LogP contribution in [0.5, 0.6) is 0 Å². The first-order valence-corrected chi connectivity index (χ1v) is 8.30. The molecule has 0 aromatic rings. The van der Waals surface area contributed by atoms with Gasteiger partial charge in [-0.1, -0.05) is 65.7 Å². The molecule has 0 aromatic carbocycles. The quantitative estimate of drug-likeness (QED) is 0.582. The van der Waals surface area contributed by atoms with Gasteiger partial charge in [-0.3, -0.25) is 0 Å². The van der Waals surface area contributed by atoms with Gasteiger partial charge < -0.3 is 5.11 Å². The lowest BCUT2D eigenvalue weighted by Crippen LogP contribution is -2.36. The van der Waals surface area contributed by atoms with Gasteiger partial charge in [-0.15, -0.1) is 0 Å². The fourth-order valence-electron chi connectivity index (χ4n) is 3.42. The molecule has 1 nitrogen and oxygen atoms in total. The fraction of sp³-hybridized carbons (Fsp3) is 1.00. The van der Waals surface area contributed by atoms with E-state index in [2.05, 4.69) is 20.8 Å². The standard InChI is InChI=1S/C17H34O/c1-4-5-6-7-8-9-12-17(18)13-10-11-16(14-17)15(2)3/h15-16,18H,4-14H2,1-3H3. The Morgan fingerprint density at radius 1 is 1.11 bits per heavy atom.